The molecule has 1 heterocycles. The third-order valence-corrected chi connectivity index (χ3v) is 5.14. The van der Waals surface area contributed by atoms with Crippen LogP contribution in [-0.4, -0.2) is 62.0 Å². The minimum Gasteiger partial charge on any atom is -0.373 e. The van der Waals surface area contributed by atoms with E-state index >= 15 is 0 Å². The molecule has 1 aliphatic heterocycles. The van der Waals surface area contributed by atoms with Crippen LogP contribution in [0.1, 0.15) is 39.5 Å². The number of hydrogen-bond acceptors (Lipinski definition) is 5. The summed E-state index contributed by atoms with van der Waals surface area (Å²) in [6, 6.07) is 4.30. The Kier molecular flexibility index (Phi) is 6.14. The third-order valence-electron chi connectivity index (χ3n) is 5.14. The van der Waals surface area contributed by atoms with Gasteiger partial charge in [-0.05, 0) is 45.2 Å². The molecule has 0 aromatic rings. The van der Waals surface area contributed by atoms with E-state index < -0.39 is 0 Å². The first-order valence-corrected chi connectivity index (χ1v) is 9.17. The molecule has 25 heavy (non-hydrogen) atoms. The summed E-state index contributed by atoms with van der Waals surface area (Å²) in [6.45, 7) is 8.47. The Bertz CT molecular complexity index is 620. The van der Waals surface area contributed by atoms with Gasteiger partial charge < -0.3 is 14.7 Å². The zero-order valence-electron chi connectivity index (χ0n) is 16.4. The molecule has 0 amide bonds. The lowest BCUT2D eigenvalue weighted by Crippen LogP contribution is -2.37. The topological polar surface area (TPSA) is 57.3 Å². The van der Waals surface area contributed by atoms with E-state index in [9.17, 15) is 10.5 Å². The van der Waals surface area contributed by atoms with Gasteiger partial charge in [0.15, 0.2) is 0 Å². The second kappa shape index (κ2) is 7.93. The van der Waals surface area contributed by atoms with Gasteiger partial charge >= 0.3 is 0 Å². The van der Waals surface area contributed by atoms with Gasteiger partial charge in [0.25, 0.3) is 0 Å². The van der Waals surface area contributed by atoms with E-state index in [0.29, 0.717) is 0 Å². The second-order valence-electron chi connectivity index (χ2n) is 8.31. The number of likely N-dealkylation sites (tertiary alicyclic amines) is 1. The molecule has 0 atom stereocenters. The monoisotopic (exact) mass is 341 g/mol. The van der Waals surface area contributed by atoms with Gasteiger partial charge in [-0.25, -0.2) is 0 Å². The highest BCUT2D eigenvalue weighted by Gasteiger charge is 2.36. The highest BCUT2D eigenvalue weighted by atomic mass is 15.2. The lowest BCUT2D eigenvalue weighted by Gasteiger charge is -2.42. The summed E-state index contributed by atoms with van der Waals surface area (Å²) >= 11 is 0. The molecule has 2 aliphatic rings. The van der Waals surface area contributed by atoms with Crippen LogP contribution in [0.5, 0.6) is 0 Å². The minimum atomic E-state index is 0.0676. The molecule has 2 rings (SSSR count). The zero-order valence-corrected chi connectivity index (χ0v) is 16.4. The summed E-state index contributed by atoms with van der Waals surface area (Å²) in [7, 11) is 6.24. The van der Waals surface area contributed by atoms with Crippen LogP contribution in [-0.2, 0) is 0 Å². The maximum Gasteiger partial charge on any atom is 0.135 e. The molecule has 0 spiro atoms. The number of nitrogens with zero attached hydrogens (tertiary/aromatic N) is 5. The first kappa shape index (κ1) is 19.3. The maximum absolute atomic E-state index is 9.52. The quantitative estimate of drug-likeness (QED) is 0.720. The Morgan fingerprint density at radius 3 is 2.16 bits per heavy atom. The number of likely N-dealkylation sites (N-methyl/N-ethyl adjacent to an activating group) is 2. The van der Waals surface area contributed by atoms with Crippen molar-refractivity contribution in [3.8, 4) is 12.1 Å². The van der Waals surface area contributed by atoms with Crippen LogP contribution >= 0.6 is 0 Å². The van der Waals surface area contributed by atoms with Crippen molar-refractivity contribution in [2.45, 2.75) is 39.5 Å². The predicted octanol–water partition coefficient (Wildman–Crippen LogP) is 2.95. The van der Waals surface area contributed by atoms with Gasteiger partial charge in [-0.3, -0.25) is 0 Å². The van der Waals surface area contributed by atoms with Gasteiger partial charge in [-0.1, -0.05) is 13.8 Å². The lowest BCUT2D eigenvalue weighted by atomic mass is 9.74. The molecule has 136 valence electrons. The molecule has 0 radical (unpaired) electrons. The zero-order chi connectivity index (χ0) is 18.6. The largest absolute Gasteiger partial charge is 0.373 e. The van der Waals surface area contributed by atoms with Gasteiger partial charge in [0.05, 0.1) is 5.70 Å². The molecular weight excluding hydrogens is 310 g/mol. The number of nitriles is 2. The molecule has 0 saturated carbocycles. The molecule has 0 unspecified atom stereocenters. The summed E-state index contributed by atoms with van der Waals surface area (Å²) < 4.78 is 0. The summed E-state index contributed by atoms with van der Waals surface area (Å²) in [4.78, 5) is 6.90. The summed E-state index contributed by atoms with van der Waals surface area (Å²) in [6.07, 6.45) is 4.23. The Morgan fingerprint density at radius 2 is 1.64 bits per heavy atom. The average molecular weight is 342 g/mol. The molecular formula is C20H31N5. The van der Waals surface area contributed by atoms with Crippen molar-refractivity contribution in [2.24, 2.45) is 5.41 Å². The van der Waals surface area contributed by atoms with Crippen molar-refractivity contribution in [2.75, 3.05) is 47.3 Å². The Labute approximate surface area is 152 Å². The smallest absolute Gasteiger partial charge is 0.135 e. The first-order chi connectivity index (χ1) is 11.8. The van der Waals surface area contributed by atoms with Crippen molar-refractivity contribution < 1.29 is 0 Å². The minimum absolute atomic E-state index is 0.0676. The summed E-state index contributed by atoms with van der Waals surface area (Å²) in [5.41, 5.74) is 3.73. The Morgan fingerprint density at radius 1 is 1.04 bits per heavy atom. The van der Waals surface area contributed by atoms with E-state index in [1.54, 1.807) is 0 Å². The molecule has 0 N–H and O–H groups in total. The first-order valence-electron chi connectivity index (χ1n) is 9.17. The van der Waals surface area contributed by atoms with Crippen LogP contribution in [0.3, 0.4) is 0 Å². The van der Waals surface area contributed by atoms with Gasteiger partial charge in [0.2, 0.25) is 0 Å². The maximum atomic E-state index is 9.52. The molecule has 1 saturated heterocycles. The van der Waals surface area contributed by atoms with Crippen LogP contribution in [0.2, 0.25) is 0 Å². The number of rotatable bonds is 5. The van der Waals surface area contributed by atoms with Gasteiger partial charge in [0.1, 0.15) is 17.7 Å². The highest BCUT2D eigenvalue weighted by molar-refractivity contribution is 5.51. The molecule has 5 heteroatoms. The fourth-order valence-electron chi connectivity index (χ4n) is 3.86. The molecule has 1 fully saturated rings. The van der Waals surface area contributed by atoms with E-state index in [-0.39, 0.29) is 11.0 Å². The van der Waals surface area contributed by atoms with E-state index in [0.717, 1.165) is 50.3 Å². The fraction of sp³-hybridized carbons (Fsp3) is 0.700. The van der Waals surface area contributed by atoms with Crippen molar-refractivity contribution in [3.63, 3.8) is 0 Å². The predicted molar refractivity (Wildman–Crippen MR) is 100 cm³/mol. The van der Waals surface area contributed by atoms with E-state index in [4.69, 9.17) is 0 Å². The van der Waals surface area contributed by atoms with Gasteiger partial charge in [0, 0.05) is 44.5 Å². The fourth-order valence-corrected chi connectivity index (χ4v) is 3.86. The molecule has 0 aromatic carbocycles. The van der Waals surface area contributed by atoms with Crippen molar-refractivity contribution in [1.29, 1.82) is 10.5 Å². The summed E-state index contributed by atoms with van der Waals surface area (Å²) in [5.74, 6) is 0. The number of hydrogen-bond donors (Lipinski definition) is 0. The van der Waals surface area contributed by atoms with Crippen molar-refractivity contribution in [3.05, 3.63) is 22.5 Å². The van der Waals surface area contributed by atoms with Gasteiger partial charge in [-0.15, -0.1) is 0 Å². The molecule has 1 aliphatic carbocycles. The average Bonchev–Trinajstić information content (AvgIpc) is 3.07. The van der Waals surface area contributed by atoms with E-state index in [2.05, 4.69) is 61.8 Å². The molecule has 5 nitrogen and oxygen atoms in total. The Hall–Kier alpha value is -1.98. The van der Waals surface area contributed by atoms with E-state index in [1.165, 1.54) is 18.5 Å². The van der Waals surface area contributed by atoms with Crippen LogP contribution in [0, 0.1) is 28.1 Å². The highest BCUT2D eigenvalue weighted by Crippen LogP contribution is 2.45. The second-order valence-corrected chi connectivity index (χ2v) is 8.31. The van der Waals surface area contributed by atoms with Crippen molar-refractivity contribution >= 4 is 0 Å². The SMILES string of the molecule is CN(C)CCN(C)C1=C(N2CCCC2)CC(C)(C)CC1=C(C#N)C#N. The lowest BCUT2D eigenvalue weighted by molar-refractivity contribution is 0.250. The Balaban J connectivity index is 2.56. The van der Waals surface area contributed by atoms with Crippen LogP contribution in [0.15, 0.2) is 22.5 Å². The van der Waals surface area contributed by atoms with Crippen molar-refractivity contribution in [1.82, 2.24) is 14.7 Å². The third kappa shape index (κ3) is 4.55. The molecule has 0 bridgehead atoms. The standard InChI is InChI=1S/C20H31N5/c1-20(2)12-17(16(14-21)15-22)19(24(5)11-10-23(3)4)18(13-20)25-8-6-7-9-25/h6-13H2,1-5H3. The molecule has 0 aromatic heterocycles. The van der Waals surface area contributed by atoms with Crippen LogP contribution in [0.25, 0.3) is 0 Å². The summed E-state index contributed by atoms with van der Waals surface area (Å²) in [5, 5.41) is 19.0. The normalized spacial score (nSPS) is 19.8. The number of allylic oxidation sites excluding steroid dienone is 3. The van der Waals surface area contributed by atoms with Gasteiger partial charge in [-0.2, -0.15) is 10.5 Å². The van der Waals surface area contributed by atoms with Crippen LogP contribution in [0.4, 0.5) is 0 Å². The van der Waals surface area contributed by atoms with Crippen LogP contribution < -0.4 is 0 Å². The van der Waals surface area contributed by atoms with E-state index in [1.807, 2.05) is 0 Å².